The van der Waals surface area contributed by atoms with Crippen LogP contribution in [0.25, 0.3) is 0 Å². The lowest BCUT2D eigenvalue weighted by Crippen LogP contribution is -2.08. The number of ketones is 1. The summed E-state index contributed by atoms with van der Waals surface area (Å²) in [5.74, 6) is 0.149. The highest BCUT2D eigenvalue weighted by Crippen LogP contribution is 2.13. The molecule has 2 N–H and O–H groups in total. The van der Waals surface area contributed by atoms with Crippen molar-refractivity contribution < 1.29 is 4.79 Å². The Bertz CT molecular complexity index is 575. The van der Waals surface area contributed by atoms with Crippen LogP contribution in [0.2, 0.25) is 0 Å². The van der Waals surface area contributed by atoms with E-state index in [1.165, 1.54) is 5.56 Å². The summed E-state index contributed by atoms with van der Waals surface area (Å²) >= 11 is 0. The fourth-order valence-corrected chi connectivity index (χ4v) is 2.17. The topological polar surface area (TPSA) is 43.1 Å². The maximum Gasteiger partial charge on any atom is 0.167 e. The average Bonchev–Trinajstić information content (AvgIpc) is 2.47. The number of benzene rings is 2. The van der Waals surface area contributed by atoms with Crippen molar-refractivity contribution in [1.29, 1.82) is 0 Å². The first kappa shape index (κ1) is 13.5. The lowest BCUT2D eigenvalue weighted by atomic mass is 9.97. The Kier molecular flexibility index (Phi) is 4.48. The SMILES string of the molecule is CCc1cccc(C(=O)Cc2ccccc2CN)c1. The number of hydrogen-bond acceptors (Lipinski definition) is 2. The summed E-state index contributed by atoms with van der Waals surface area (Å²) in [6, 6.07) is 15.7. The molecule has 0 unspecified atom stereocenters. The zero-order chi connectivity index (χ0) is 13.7. The summed E-state index contributed by atoms with van der Waals surface area (Å²) in [6.07, 6.45) is 1.36. The molecule has 19 heavy (non-hydrogen) atoms. The van der Waals surface area contributed by atoms with Crippen LogP contribution in [0.5, 0.6) is 0 Å². The van der Waals surface area contributed by atoms with E-state index in [0.717, 1.165) is 23.1 Å². The van der Waals surface area contributed by atoms with Crippen molar-refractivity contribution in [2.75, 3.05) is 0 Å². The van der Waals surface area contributed by atoms with Gasteiger partial charge in [0.1, 0.15) is 0 Å². The van der Waals surface area contributed by atoms with Crippen LogP contribution < -0.4 is 5.73 Å². The maximum atomic E-state index is 12.3. The molecule has 2 nitrogen and oxygen atoms in total. The molecule has 0 saturated carbocycles. The monoisotopic (exact) mass is 253 g/mol. The van der Waals surface area contributed by atoms with Crippen LogP contribution in [0.3, 0.4) is 0 Å². The molecule has 2 rings (SSSR count). The van der Waals surface area contributed by atoms with Crippen molar-refractivity contribution in [3.8, 4) is 0 Å². The van der Waals surface area contributed by atoms with Crippen LogP contribution in [-0.4, -0.2) is 5.78 Å². The number of carbonyl (C=O) groups is 1. The highest BCUT2D eigenvalue weighted by Gasteiger charge is 2.09. The summed E-state index contributed by atoms with van der Waals surface area (Å²) in [6.45, 7) is 2.56. The maximum absolute atomic E-state index is 12.3. The Morgan fingerprint density at radius 2 is 1.79 bits per heavy atom. The minimum absolute atomic E-state index is 0.149. The van der Waals surface area contributed by atoms with E-state index in [1.807, 2.05) is 48.5 Å². The number of aryl methyl sites for hydroxylation is 1. The predicted molar refractivity (Wildman–Crippen MR) is 78.2 cm³/mol. The number of Topliss-reactive ketones (excluding diaryl/α,β-unsaturated/α-hetero) is 1. The molecule has 0 radical (unpaired) electrons. The van der Waals surface area contributed by atoms with Crippen LogP contribution in [0, 0.1) is 0 Å². The molecule has 0 amide bonds. The molecule has 2 aromatic rings. The second-order valence-electron chi connectivity index (χ2n) is 4.63. The van der Waals surface area contributed by atoms with E-state index in [1.54, 1.807) is 0 Å². The first-order valence-electron chi connectivity index (χ1n) is 6.63. The Morgan fingerprint density at radius 3 is 2.47 bits per heavy atom. The van der Waals surface area contributed by atoms with Gasteiger partial charge in [-0.25, -0.2) is 0 Å². The molecule has 0 aliphatic heterocycles. The molecule has 98 valence electrons. The third-order valence-electron chi connectivity index (χ3n) is 3.35. The second-order valence-corrected chi connectivity index (χ2v) is 4.63. The third-order valence-corrected chi connectivity index (χ3v) is 3.35. The van der Waals surface area contributed by atoms with Crippen molar-refractivity contribution in [3.63, 3.8) is 0 Å². The predicted octanol–water partition coefficient (Wildman–Crippen LogP) is 3.13. The molecule has 0 bridgehead atoms. The van der Waals surface area contributed by atoms with E-state index in [-0.39, 0.29) is 5.78 Å². The van der Waals surface area contributed by atoms with E-state index in [2.05, 4.69) is 6.92 Å². The standard InChI is InChI=1S/C17H19NO/c1-2-13-6-5-9-15(10-13)17(19)11-14-7-3-4-8-16(14)12-18/h3-10H,2,11-12,18H2,1H3. The van der Waals surface area contributed by atoms with Gasteiger partial charge in [0.2, 0.25) is 0 Å². The largest absolute Gasteiger partial charge is 0.326 e. The van der Waals surface area contributed by atoms with Gasteiger partial charge in [-0.05, 0) is 29.2 Å². The average molecular weight is 253 g/mol. The van der Waals surface area contributed by atoms with Gasteiger partial charge in [-0.3, -0.25) is 4.79 Å². The van der Waals surface area contributed by atoms with Gasteiger partial charge in [-0.2, -0.15) is 0 Å². The fraction of sp³-hybridized carbons (Fsp3) is 0.235. The Balaban J connectivity index is 2.20. The summed E-state index contributed by atoms with van der Waals surface area (Å²) in [4.78, 5) is 12.3. The van der Waals surface area contributed by atoms with Crippen LogP contribution in [0.1, 0.15) is 34.0 Å². The molecule has 0 aromatic heterocycles. The summed E-state index contributed by atoms with van der Waals surface area (Å²) < 4.78 is 0. The van der Waals surface area contributed by atoms with Gasteiger partial charge in [-0.15, -0.1) is 0 Å². The van der Waals surface area contributed by atoms with Gasteiger partial charge < -0.3 is 5.73 Å². The second kappa shape index (κ2) is 6.30. The van der Waals surface area contributed by atoms with Gasteiger partial charge in [0.05, 0.1) is 0 Å². The van der Waals surface area contributed by atoms with Gasteiger partial charge in [0, 0.05) is 18.5 Å². The smallest absolute Gasteiger partial charge is 0.167 e. The van der Waals surface area contributed by atoms with Crippen molar-refractivity contribution in [2.24, 2.45) is 5.73 Å². The van der Waals surface area contributed by atoms with Crippen LogP contribution in [0.4, 0.5) is 0 Å². The molecular formula is C17H19NO. The Morgan fingerprint density at radius 1 is 1.05 bits per heavy atom. The van der Waals surface area contributed by atoms with E-state index in [0.29, 0.717) is 13.0 Å². The number of rotatable bonds is 5. The molecule has 2 aromatic carbocycles. The molecule has 0 heterocycles. The number of nitrogens with two attached hydrogens (primary N) is 1. The molecule has 0 aliphatic rings. The zero-order valence-corrected chi connectivity index (χ0v) is 11.2. The van der Waals surface area contributed by atoms with E-state index in [9.17, 15) is 4.79 Å². The van der Waals surface area contributed by atoms with E-state index < -0.39 is 0 Å². The minimum atomic E-state index is 0.149. The highest BCUT2D eigenvalue weighted by molar-refractivity contribution is 5.97. The van der Waals surface area contributed by atoms with Crippen LogP contribution in [0.15, 0.2) is 48.5 Å². The first-order chi connectivity index (χ1) is 9.24. The highest BCUT2D eigenvalue weighted by atomic mass is 16.1. The number of carbonyl (C=O) groups excluding carboxylic acids is 1. The van der Waals surface area contributed by atoms with E-state index in [4.69, 9.17) is 5.73 Å². The van der Waals surface area contributed by atoms with Crippen LogP contribution in [-0.2, 0) is 19.4 Å². The molecule has 0 spiro atoms. The van der Waals surface area contributed by atoms with Crippen molar-refractivity contribution in [2.45, 2.75) is 26.3 Å². The zero-order valence-electron chi connectivity index (χ0n) is 11.2. The summed E-state index contributed by atoms with van der Waals surface area (Å²) in [7, 11) is 0. The Labute approximate surface area is 114 Å². The number of hydrogen-bond donors (Lipinski definition) is 1. The summed E-state index contributed by atoms with van der Waals surface area (Å²) in [5, 5.41) is 0. The molecule has 2 heteroatoms. The van der Waals surface area contributed by atoms with Crippen molar-refractivity contribution in [3.05, 3.63) is 70.8 Å². The van der Waals surface area contributed by atoms with Gasteiger partial charge in [0.15, 0.2) is 5.78 Å². The summed E-state index contributed by atoms with van der Waals surface area (Å²) in [5.41, 5.74) is 9.74. The van der Waals surface area contributed by atoms with E-state index >= 15 is 0 Å². The minimum Gasteiger partial charge on any atom is -0.326 e. The van der Waals surface area contributed by atoms with Crippen LogP contribution >= 0.6 is 0 Å². The van der Waals surface area contributed by atoms with Gasteiger partial charge in [-0.1, -0.05) is 49.4 Å². The molecule has 0 aliphatic carbocycles. The lowest BCUT2D eigenvalue weighted by molar-refractivity contribution is 0.0992. The molecular weight excluding hydrogens is 234 g/mol. The lowest BCUT2D eigenvalue weighted by Gasteiger charge is -2.07. The van der Waals surface area contributed by atoms with Crippen molar-refractivity contribution in [1.82, 2.24) is 0 Å². The molecule has 0 fully saturated rings. The Hall–Kier alpha value is -1.93. The van der Waals surface area contributed by atoms with Crippen molar-refractivity contribution >= 4 is 5.78 Å². The third kappa shape index (κ3) is 3.30. The molecule has 0 atom stereocenters. The first-order valence-corrected chi connectivity index (χ1v) is 6.63. The fourth-order valence-electron chi connectivity index (χ4n) is 2.17. The quantitative estimate of drug-likeness (QED) is 0.832. The molecule has 0 saturated heterocycles. The van der Waals surface area contributed by atoms with Gasteiger partial charge >= 0.3 is 0 Å². The van der Waals surface area contributed by atoms with Gasteiger partial charge in [0.25, 0.3) is 0 Å². The normalized spacial score (nSPS) is 10.4.